The average molecular weight is 578 g/mol. The summed E-state index contributed by atoms with van der Waals surface area (Å²) in [5.41, 5.74) is -5.10. The Kier molecular flexibility index (Phi) is 7.48. The maximum absolute atomic E-state index is 15.0. The Bertz CT molecular complexity index is 1500. The highest BCUT2D eigenvalue weighted by molar-refractivity contribution is 7.92. The molecule has 4 aromatic carbocycles. The predicted molar refractivity (Wildman–Crippen MR) is 118 cm³/mol. The van der Waals surface area contributed by atoms with Gasteiger partial charge in [-0.2, -0.15) is 0 Å². The van der Waals surface area contributed by atoms with Gasteiger partial charge in [-0.25, -0.2) is 52.3 Å². The molecule has 0 amide bonds. The van der Waals surface area contributed by atoms with Gasteiger partial charge < -0.3 is 0 Å². The van der Waals surface area contributed by atoms with Crippen molar-refractivity contribution in [3.05, 3.63) is 141 Å². The Balaban J connectivity index is 2.17. The molecule has 0 aliphatic carbocycles. The molecular weight excluding hydrogens is 566 g/mol. The number of rotatable bonds is 6. The first-order valence-electron chi connectivity index (χ1n) is 10.7. The lowest BCUT2D eigenvalue weighted by molar-refractivity contribution is 0.368. The van der Waals surface area contributed by atoms with Crippen molar-refractivity contribution in [3.8, 4) is 0 Å². The van der Waals surface area contributed by atoms with Crippen molar-refractivity contribution in [2.75, 3.05) is 0 Å². The summed E-state index contributed by atoms with van der Waals surface area (Å²) < 4.78 is 172. The minimum Gasteiger partial charge on any atom is -0.227 e. The fraction of sp³-hybridized carbons (Fsp3) is 0.0769. The molecule has 0 saturated carbocycles. The molecule has 0 bridgehead atoms. The summed E-state index contributed by atoms with van der Waals surface area (Å²) >= 11 is 0. The third kappa shape index (κ3) is 4.54. The van der Waals surface area contributed by atoms with Crippen molar-refractivity contribution < 1.29 is 52.3 Å². The zero-order chi connectivity index (χ0) is 28.8. The molecule has 0 radical (unpaired) electrons. The molecule has 0 spiro atoms. The van der Waals surface area contributed by atoms with Gasteiger partial charge in [0, 0.05) is 0 Å². The summed E-state index contributed by atoms with van der Waals surface area (Å²) in [4.78, 5) is 0. The van der Waals surface area contributed by atoms with Gasteiger partial charge in [-0.15, -0.1) is 0 Å². The maximum Gasteiger partial charge on any atom is 0.200 e. The average Bonchev–Trinajstić information content (AvgIpc) is 2.93. The van der Waals surface area contributed by atoms with E-state index in [1.165, 1.54) is 12.1 Å². The molecule has 4 rings (SSSR count). The molecule has 0 heterocycles. The monoisotopic (exact) mass is 578 g/mol. The first-order valence-corrected chi connectivity index (χ1v) is 12.3. The van der Waals surface area contributed by atoms with Gasteiger partial charge in [-0.3, -0.25) is 0 Å². The molecule has 0 fully saturated rings. The Morgan fingerprint density at radius 2 is 0.615 bits per heavy atom. The Hall–Kier alpha value is -3.87. The first-order chi connectivity index (χ1) is 18.3. The van der Waals surface area contributed by atoms with Crippen LogP contribution in [0.4, 0.5) is 43.9 Å². The van der Waals surface area contributed by atoms with E-state index in [0.29, 0.717) is 0 Å². The van der Waals surface area contributed by atoms with Gasteiger partial charge >= 0.3 is 0 Å². The van der Waals surface area contributed by atoms with Crippen LogP contribution in [0, 0.1) is 58.2 Å². The summed E-state index contributed by atoms with van der Waals surface area (Å²) in [7, 11) is -5.73. The number of hydrogen-bond acceptors (Lipinski definition) is 2. The smallest absolute Gasteiger partial charge is 0.200 e. The number of benzene rings is 4. The summed E-state index contributed by atoms with van der Waals surface area (Å²) in [6.07, 6.45) is 0. The molecule has 204 valence electrons. The lowest BCUT2D eigenvalue weighted by atomic mass is 10.0. The summed E-state index contributed by atoms with van der Waals surface area (Å²) in [5.74, 6) is -25.6. The van der Waals surface area contributed by atoms with E-state index in [-0.39, 0.29) is 0 Å². The van der Waals surface area contributed by atoms with Gasteiger partial charge in [0.05, 0.1) is 11.1 Å². The number of hydrogen-bond donors (Lipinski definition) is 0. The SMILES string of the molecule is O=S(=O)(C(c1ccccc1)c1c(F)c(F)c(F)c(F)c1F)C(c1ccccc1)c1c(F)c(F)c(F)c(F)c1F. The second-order valence-electron chi connectivity index (χ2n) is 8.14. The molecule has 2 unspecified atom stereocenters. The molecule has 4 aromatic rings. The lowest BCUT2D eigenvalue weighted by Crippen LogP contribution is -2.28. The lowest BCUT2D eigenvalue weighted by Gasteiger charge is -2.27. The van der Waals surface area contributed by atoms with Gasteiger partial charge in [0.1, 0.15) is 10.5 Å². The maximum atomic E-state index is 15.0. The molecule has 0 aromatic heterocycles. The van der Waals surface area contributed by atoms with E-state index in [0.717, 1.165) is 48.5 Å². The minimum atomic E-state index is -5.73. The van der Waals surface area contributed by atoms with Crippen LogP contribution < -0.4 is 0 Å². The second-order valence-corrected chi connectivity index (χ2v) is 10.3. The zero-order valence-corrected chi connectivity index (χ0v) is 19.7. The molecule has 39 heavy (non-hydrogen) atoms. The third-order valence-corrected chi connectivity index (χ3v) is 8.20. The van der Waals surface area contributed by atoms with Crippen LogP contribution in [0.1, 0.15) is 32.8 Å². The van der Waals surface area contributed by atoms with E-state index >= 15 is 0 Å². The van der Waals surface area contributed by atoms with E-state index in [9.17, 15) is 52.3 Å². The van der Waals surface area contributed by atoms with Crippen LogP contribution in [-0.2, 0) is 9.84 Å². The van der Waals surface area contributed by atoms with Crippen LogP contribution in [-0.4, -0.2) is 8.42 Å². The molecule has 0 N–H and O–H groups in total. The van der Waals surface area contributed by atoms with E-state index in [1.807, 2.05) is 0 Å². The number of halogens is 10. The summed E-state index contributed by atoms with van der Waals surface area (Å²) in [5, 5.41) is -5.74. The third-order valence-electron chi connectivity index (χ3n) is 5.87. The first kappa shape index (κ1) is 28.1. The second kappa shape index (κ2) is 10.4. The highest BCUT2D eigenvalue weighted by atomic mass is 32.2. The van der Waals surface area contributed by atoms with Crippen molar-refractivity contribution in [2.45, 2.75) is 10.5 Å². The van der Waals surface area contributed by atoms with E-state index in [1.54, 1.807) is 0 Å². The Labute approximate surface area is 214 Å². The van der Waals surface area contributed by atoms with Crippen molar-refractivity contribution in [3.63, 3.8) is 0 Å². The van der Waals surface area contributed by atoms with Gasteiger partial charge in [-0.1, -0.05) is 60.7 Å². The predicted octanol–water partition coefficient (Wildman–Crippen LogP) is 7.37. The van der Waals surface area contributed by atoms with Crippen LogP contribution in [0.5, 0.6) is 0 Å². The van der Waals surface area contributed by atoms with Gasteiger partial charge in [-0.05, 0) is 11.1 Å². The van der Waals surface area contributed by atoms with Crippen LogP contribution in [0.15, 0.2) is 60.7 Å². The van der Waals surface area contributed by atoms with E-state index in [4.69, 9.17) is 0 Å². The van der Waals surface area contributed by atoms with Crippen molar-refractivity contribution in [2.24, 2.45) is 0 Å². The van der Waals surface area contributed by atoms with Gasteiger partial charge in [0.2, 0.25) is 11.6 Å². The van der Waals surface area contributed by atoms with Crippen molar-refractivity contribution in [1.82, 2.24) is 0 Å². The van der Waals surface area contributed by atoms with E-state index < -0.39 is 101 Å². The highest BCUT2D eigenvalue weighted by Crippen LogP contribution is 2.46. The molecule has 0 aliphatic heterocycles. The highest BCUT2D eigenvalue weighted by Gasteiger charge is 2.46. The number of sulfone groups is 1. The van der Waals surface area contributed by atoms with Crippen molar-refractivity contribution >= 4 is 9.84 Å². The quantitative estimate of drug-likeness (QED) is 0.136. The molecule has 2 atom stereocenters. The van der Waals surface area contributed by atoms with Crippen LogP contribution >= 0.6 is 0 Å². The van der Waals surface area contributed by atoms with E-state index in [2.05, 4.69) is 0 Å². The largest absolute Gasteiger partial charge is 0.227 e. The summed E-state index contributed by atoms with van der Waals surface area (Å²) in [6.45, 7) is 0. The van der Waals surface area contributed by atoms with Crippen molar-refractivity contribution in [1.29, 1.82) is 0 Å². The zero-order valence-electron chi connectivity index (χ0n) is 18.9. The van der Waals surface area contributed by atoms with Crippen LogP contribution in [0.25, 0.3) is 0 Å². The normalized spacial score (nSPS) is 13.4. The molecule has 2 nitrogen and oxygen atoms in total. The fourth-order valence-corrected chi connectivity index (χ4v) is 6.55. The summed E-state index contributed by atoms with van der Waals surface area (Å²) in [6, 6.07) is 10.7. The minimum absolute atomic E-state index is 0.634. The molecule has 13 heteroatoms. The van der Waals surface area contributed by atoms with Gasteiger partial charge in [0.25, 0.3) is 0 Å². The molecule has 0 aliphatic rings. The van der Waals surface area contributed by atoms with Crippen LogP contribution in [0.2, 0.25) is 0 Å². The van der Waals surface area contributed by atoms with Crippen LogP contribution in [0.3, 0.4) is 0 Å². The Morgan fingerprint density at radius 3 is 0.872 bits per heavy atom. The standard InChI is InChI=1S/C26H12F10O2S/c27-15-13(16(28)20(32)23(35)19(15)31)25(11-7-3-1-4-8-11)39(37,38)26(12-9-5-2-6-10-12)14-17(29)21(33)24(36)22(34)18(14)30/h1-10,25-26H. The Morgan fingerprint density at radius 1 is 0.385 bits per heavy atom. The molecule has 0 saturated heterocycles. The van der Waals surface area contributed by atoms with Gasteiger partial charge in [0.15, 0.2) is 56.4 Å². The fourth-order valence-electron chi connectivity index (χ4n) is 4.14. The topological polar surface area (TPSA) is 34.1 Å². The molecular formula is C26H12F10O2S.